The van der Waals surface area contributed by atoms with Crippen LogP contribution in [-0.2, 0) is 0 Å². The second-order valence-corrected chi connectivity index (χ2v) is 5.60. The van der Waals surface area contributed by atoms with Gasteiger partial charge < -0.3 is 10.6 Å². The van der Waals surface area contributed by atoms with Gasteiger partial charge in [-0.2, -0.15) is 0 Å². The molecule has 0 aromatic heterocycles. The van der Waals surface area contributed by atoms with Crippen molar-refractivity contribution >= 4 is 5.91 Å². The summed E-state index contributed by atoms with van der Waals surface area (Å²) in [5, 5.41) is 0. The number of likely N-dealkylation sites (N-methyl/N-ethyl adjacent to an activating group) is 1. The number of allylic oxidation sites excluding steroid dienone is 3. The molecule has 0 aliphatic heterocycles. The van der Waals surface area contributed by atoms with Crippen molar-refractivity contribution in [3.8, 4) is 0 Å². The highest BCUT2D eigenvalue weighted by atomic mass is 16.2. The zero-order valence-electron chi connectivity index (χ0n) is 11.8. The third kappa shape index (κ3) is 2.54. The van der Waals surface area contributed by atoms with Crippen LogP contribution in [0.3, 0.4) is 0 Å². The van der Waals surface area contributed by atoms with Gasteiger partial charge in [-0.1, -0.05) is 24.3 Å². The van der Waals surface area contributed by atoms with Gasteiger partial charge in [-0.05, 0) is 43.0 Å². The number of rotatable bonds is 3. The number of hydrogen-bond acceptors (Lipinski definition) is 2. The van der Waals surface area contributed by atoms with E-state index in [1.807, 2.05) is 31.3 Å². The molecule has 104 valence electrons. The van der Waals surface area contributed by atoms with E-state index in [4.69, 9.17) is 5.73 Å². The van der Waals surface area contributed by atoms with Crippen LogP contribution in [0.1, 0.15) is 41.1 Å². The Labute approximate surface area is 119 Å². The van der Waals surface area contributed by atoms with Gasteiger partial charge in [0.25, 0.3) is 5.91 Å². The summed E-state index contributed by atoms with van der Waals surface area (Å²) in [6.45, 7) is 0. The summed E-state index contributed by atoms with van der Waals surface area (Å²) < 4.78 is 0. The smallest absolute Gasteiger partial charge is 0.258 e. The van der Waals surface area contributed by atoms with Crippen LogP contribution in [0.2, 0.25) is 0 Å². The fourth-order valence-electron chi connectivity index (χ4n) is 2.66. The standard InChI is InChI=1S/C17H20N2O/c1-19(14-8-3-2-4-9-14)17(20)13-7-5-6-12(10-13)15-11-16(15)18/h3,5-10,15-16H,2,4,11,18H2,1H3. The lowest BCUT2D eigenvalue weighted by molar-refractivity contribution is 0.0839. The van der Waals surface area contributed by atoms with E-state index in [1.54, 1.807) is 4.90 Å². The first kappa shape index (κ1) is 13.1. The van der Waals surface area contributed by atoms with E-state index in [-0.39, 0.29) is 11.9 Å². The molecule has 2 aliphatic carbocycles. The quantitative estimate of drug-likeness (QED) is 0.916. The summed E-state index contributed by atoms with van der Waals surface area (Å²) in [5.74, 6) is 0.473. The van der Waals surface area contributed by atoms with Crippen LogP contribution >= 0.6 is 0 Å². The van der Waals surface area contributed by atoms with Crippen LogP contribution in [0.15, 0.2) is 48.2 Å². The van der Waals surface area contributed by atoms with Gasteiger partial charge in [-0.25, -0.2) is 0 Å². The Bertz CT molecular complexity index is 588. The van der Waals surface area contributed by atoms with E-state index >= 15 is 0 Å². The number of carbonyl (C=O) groups is 1. The van der Waals surface area contributed by atoms with E-state index in [2.05, 4.69) is 18.2 Å². The summed E-state index contributed by atoms with van der Waals surface area (Å²) in [4.78, 5) is 14.3. The molecule has 1 aromatic carbocycles. The van der Waals surface area contributed by atoms with Gasteiger partial charge in [0.15, 0.2) is 0 Å². The Balaban J connectivity index is 1.79. The first-order valence-electron chi connectivity index (χ1n) is 7.17. The highest BCUT2D eigenvalue weighted by molar-refractivity contribution is 5.95. The molecule has 3 heteroatoms. The van der Waals surface area contributed by atoms with Crippen molar-refractivity contribution in [3.05, 3.63) is 59.3 Å². The average Bonchev–Trinajstić information content (AvgIpc) is 3.24. The maximum atomic E-state index is 12.5. The zero-order chi connectivity index (χ0) is 14.1. The average molecular weight is 268 g/mol. The predicted molar refractivity (Wildman–Crippen MR) is 80.3 cm³/mol. The lowest BCUT2D eigenvalue weighted by Gasteiger charge is -2.20. The fourth-order valence-corrected chi connectivity index (χ4v) is 2.66. The Morgan fingerprint density at radius 3 is 2.80 bits per heavy atom. The molecule has 0 heterocycles. The van der Waals surface area contributed by atoms with Crippen molar-refractivity contribution in [1.29, 1.82) is 0 Å². The molecule has 2 N–H and O–H groups in total. The predicted octanol–water partition coefficient (Wildman–Crippen LogP) is 2.81. The molecule has 2 unspecified atom stereocenters. The fraction of sp³-hybridized carbons (Fsp3) is 0.353. The topological polar surface area (TPSA) is 46.3 Å². The maximum absolute atomic E-state index is 12.5. The van der Waals surface area contributed by atoms with Gasteiger partial charge in [-0.3, -0.25) is 4.79 Å². The lowest BCUT2D eigenvalue weighted by atomic mass is 10.1. The SMILES string of the molecule is CN(C(=O)c1cccc(C2CC2N)c1)C1=CCCC=C1. The van der Waals surface area contributed by atoms with Gasteiger partial charge in [0, 0.05) is 30.3 Å². The minimum absolute atomic E-state index is 0.0406. The van der Waals surface area contributed by atoms with Crippen molar-refractivity contribution in [2.24, 2.45) is 5.73 Å². The summed E-state index contributed by atoms with van der Waals surface area (Å²) in [6.07, 6.45) is 9.32. The normalized spacial score (nSPS) is 24.2. The van der Waals surface area contributed by atoms with Crippen molar-refractivity contribution in [2.75, 3.05) is 7.05 Å². The molecule has 0 radical (unpaired) electrons. The molecule has 2 atom stereocenters. The summed E-state index contributed by atoms with van der Waals surface area (Å²) >= 11 is 0. The highest BCUT2D eigenvalue weighted by Crippen LogP contribution is 2.39. The van der Waals surface area contributed by atoms with E-state index < -0.39 is 0 Å². The van der Waals surface area contributed by atoms with E-state index in [0.29, 0.717) is 5.92 Å². The summed E-state index contributed by atoms with van der Waals surface area (Å²) in [7, 11) is 1.83. The molecule has 0 saturated heterocycles. The van der Waals surface area contributed by atoms with E-state index in [0.717, 1.165) is 30.5 Å². The number of carbonyl (C=O) groups excluding carboxylic acids is 1. The first-order chi connectivity index (χ1) is 9.66. The number of hydrogen-bond donors (Lipinski definition) is 1. The van der Waals surface area contributed by atoms with Crippen LogP contribution in [0.5, 0.6) is 0 Å². The van der Waals surface area contributed by atoms with Crippen molar-refractivity contribution in [3.63, 3.8) is 0 Å². The van der Waals surface area contributed by atoms with Crippen LogP contribution in [-0.4, -0.2) is 23.9 Å². The molecule has 0 bridgehead atoms. The number of benzene rings is 1. The molecule has 2 aliphatic rings. The maximum Gasteiger partial charge on any atom is 0.258 e. The number of amides is 1. The van der Waals surface area contributed by atoms with E-state index in [1.165, 1.54) is 5.56 Å². The Morgan fingerprint density at radius 1 is 1.35 bits per heavy atom. The highest BCUT2D eigenvalue weighted by Gasteiger charge is 2.35. The van der Waals surface area contributed by atoms with Crippen molar-refractivity contribution < 1.29 is 4.79 Å². The molecule has 1 amide bonds. The first-order valence-corrected chi connectivity index (χ1v) is 7.17. The minimum atomic E-state index is 0.0406. The second kappa shape index (κ2) is 5.25. The molecular formula is C17H20N2O. The van der Waals surface area contributed by atoms with Crippen LogP contribution < -0.4 is 5.73 Å². The molecule has 3 rings (SSSR count). The molecule has 20 heavy (non-hydrogen) atoms. The van der Waals surface area contributed by atoms with Gasteiger partial charge in [0.2, 0.25) is 0 Å². The largest absolute Gasteiger partial charge is 0.327 e. The van der Waals surface area contributed by atoms with Gasteiger partial charge >= 0.3 is 0 Å². The van der Waals surface area contributed by atoms with Crippen LogP contribution in [0.25, 0.3) is 0 Å². The summed E-state index contributed by atoms with van der Waals surface area (Å²) in [5.41, 5.74) is 8.79. The molecule has 3 nitrogen and oxygen atoms in total. The van der Waals surface area contributed by atoms with Crippen molar-refractivity contribution in [1.82, 2.24) is 4.90 Å². The second-order valence-electron chi connectivity index (χ2n) is 5.60. The monoisotopic (exact) mass is 268 g/mol. The molecule has 1 aromatic rings. The zero-order valence-corrected chi connectivity index (χ0v) is 11.8. The Kier molecular flexibility index (Phi) is 3.45. The Hall–Kier alpha value is -1.87. The van der Waals surface area contributed by atoms with Crippen LogP contribution in [0.4, 0.5) is 0 Å². The third-order valence-electron chi connectivity index (χ3n) is 4.07. The Morgan fingerprint density at radius 2 is 2.15 bits per heavy atom. The number of nitrogens with two attached hydrogens (primary N) is 1. The number of nitrogens with zero attached hydrogens (tertiary/aromatic N) is 1. The van der Waals surface area contributed by atoms with Gasteiger partial charge in [0.05, 0.1) is 0 Å². The van der Waals surface area contributed by atoms with Gasteiger partial charge in [-0.15, -0.1) is 0 Å². The molecule has 0 spiro atoms. The molecule has 1 saturated carbocycles. The van der Waals surface area contributed by atoms with E-state index in [9.17, 15) is 4.79 Å². The molecule has 1 fully saturated rings. The lowest BCUT2D eigenvalue weighted by Crippen LogP contribution is -2.26. The van der Waals surface area contributed by atoms with Crippen LogP contribution in [0, 0.1) is 0 Å². The third-order valence-corrected chi connectivity index (χ3v) is 4.07. The minimum Gasteiger partial charge on any atom is -0.327 e. The van der Waals surface area contributed by atoms with Crippen molar-refractivity contribution in [2.45, 2.75) is 31.2 Å². The summed E-state index contributed by atoms with van der Waals surface area (Å²) in [6, 6.07) is 8.15. The van der Waals surface area contributed by atoms with Gasteiger partial charge in [0.1, 0.15) is 0 Å². The molecular weight excluding hydrogens is 248 g/mol.